The number of fused-ring (bicyclic) bond motifs is 4. The number of aromatic nitrogens is 6. The summed E-state index contributed by atoms with van der Waals surface area (Å²) in [7, 11) is 0. The number of rotatable bonds is 9. The molecule has 8 nitrogen and oxygen atoms in total. The second-order valence-electron chi connectivity index (χ2n) is 10.5. The van der Waals surface area contributed by atoms with E-state index in [-0.39, 0.29) is 11.9 Å². The number of aryl methyl sites for hydroxylation is 1. The van der Waals surface area contributed by atoms with Crippen LogP contribution in [-0.4, -0.2) is 42.6 Å². The lowest BCUT2D eigenvalue weighted by Crippen LogP contribution is -2.16. The first-order valence-corrected chi connectivity index (χ1v) is 14.4. The van der Waals surface area contributed by atoms with Crippen molar-refractivity contribution in [2.75, 3.05) is 18.5 Å². The molecule has 0 saturated carbocycles. The molecule has 0 spiro atoms. The van der Waals surface area contributed by atoms with Crippen LogP contribution < -0.4 is 10.1 Å². The molecule has 4 aromatic heterocycles. The topological polar surface area (TPSA) is 90.6 Å². The molecular formula is C33H30FN7O. The van der Waals surface area contributed by atoms with E-state index in [1.165, 1.54) is 12.1 Å². The fourth-order valence-corrected chi connectivity index (χ4v) is 5.61. The monoisotopic (exact) mass is 559 g/mol. The predicted octanol–water partition coefficient (Wildman–Crippen LogP) is 7.02. The van der Waals surface area contributed by atoms with Crippen molar-refractivity contribution < 1.29 is 9.13 Å². The zero-order valence-corrected chi connectivity index (χ0v) is 23.3. The van der Waals surface area contributed by atoms with Crippen LogP contribution in [-0.2, 0) is 6.42 Å². The molecule has 0 saturated heterocycles. The Kier molecular flexibility index (Phi) is 6.91. The molecule has 42 heavy (non-hydrogen) atoms. The summed E-state index contributed by atoms with van der Waals surface area (Å²) in [4.78, 5) is 23.7. The van der Waals surface area contributed by atoms with Crippen LogP contribution in [0.4, 0.5) is 10.3 Å². The summed E-state index contributed by atoms with van der Waals surface area (Å²) < 4.78 is 22.4. The van der Waals surface area contributed by atoms with Gasteiger partial charge in [0.15, 0.2) is 0 Å². The Bertz CT molecular complexity index is 1890. The molecule has 1 unspecified atom stereocenters. The second-order valence-corrected chi connectivity index (χ2v) is 10.5. The van der Waals surface area contributed by atoms with Gasteiger partial charge >= 0.3 is 0 Å². The molecule has 6 aromatic rings. The Hall–Kier alpha value is -4.92. The molecule has 1 aliphatic heterocycles. The Balaban J connectivity index is 1.24. The standard InChI is InChI=1S/C33H30FN7O/c1-2-3-17-36-33-37-19-16-26(38-33)32-31(23-8-11-24(34)12-9-23)39-27-14-13-25(41(27)32)20-42-28-15-10-22-7-6-21-5-4-18-35-29(21)30(22)40-28/h4-12,15-16,18-19,25H,2-3,13-14,17,20H2,1H3,(H,36,37,38). The maximum Gasteiger partial charge on any atom is 0.223 e. The third-order valence-corrected chi connectivity index (χ3v) is 7.71. The molecule has 5 heterocycles. The van der Waals surface area contributed by atoms with E-state index in [9.17, 15) is 4.39 Å². The zero-order chi connectivity index (χ0) is 28.5. The highest BCUT2D eigenvalue weighted by Gasteiger charge is 2.31. The van der Waals surface area contributed by atoms with Crippen molar-refractivity contribution in [2.45, 2.75) is 38.6 Å². The summed E-state index contributed by atoms with van der Waals surface area (Å²) in [6.45, 7) is 3.37. The van der Waals surface area contributed by atoms with Crippen LogP contribution in [0.5, 0.6) is 5.88 Å². The summed E-state index contributed by atoms with van der Waals surface area (Å²) >= 11 is 0. The van der Waals surface area contributed by atoms with Crippen molar-refractivity contribution in [3.63, 3.8) is 0 Å². The van der Waals surface area contributed by atoms with Crippen molar-refractivity contribution in [3.05, 3.63) is 90.8 Å². The van der Waals surface area contributed by atoms with Crippen LogP contribution in [0.2, 0.25) is 0 Å². The first-order chi connectivity index (χ1) is 20.7. The van der Waals surface area contributed by atoms with E-state index in [1.807, 2.05) is 30.3 Å². The Morgan fingerprint density at radius 1 is 0.905 bits per heavy atom. The van der Waals surface area contributed by atoms with E-state index in [0.717, 1.165) is 82.5 Å². The lowest BCUT2D eigenvalue weighted by atomic mass is 10.1. The summed E-state index contributed by atoms with van der Waals surface area (Å²) in [5.41, 5.74) is 4.93. The van der Waals surface area contributed by atoms with E-state index in [0.29, 0.717) is 18.4 Å². The number of unbranched alkanes of at least 4 members (excludes halogenated alkanes) is 1. The molecule has 210 valence electrons. The number of ether oxygens (including phenoxy) is 1. The number of imidazole rings is 1. The minimum atomic E-state index is -0.284. The Morgan fingerprint density at radius 3 is 2.60 bits per heavy atom. The van der Waals surface area contributed by atoms with E-state index >= 15 is 0 Å². The van der Waals surface area contributed by atoms with Gasteiger partial charge in [-0.1, -0.05) is 31.5 Å². The number of hydrogen-bond donors (Lipinski definition) is 1. The van der Waals surface area contributed by atoms with Gasteiger partial charge in [-0.05, 0) is 55.3 Å². The molecule has 1 N–H and O–H groups in total. The van der Waals surface area contributed by atoms with Crippen LogP contribution in [0.3, 0.4) is 0 Å². The van der Waals surface area contributed by atoms with Gasteiger partial charge in [-0.25, -0.2) is 24.3 Å². The molecule has 0 bridgehead atoms. The summed E-state index contributed by atoms with van der Waals surface area (Å²) in [6.07, 6.45) is 7.35. The molecule has 2 aromatic carbocycles. The van der Waals surface area contributed by atoms with Gasteiger partial charge < -0.3 is 14.6 Å². The third-order valence-electron chi connectivity index (χ3n) is 7.71. The van der Waals surface area contributed by atoms with Crippen LogP contribution >= 0.6 is 0 Å². The summed E-state index contributed by atoms with van der Waals surface area (Å²) in [5.74, 6) is 1.81. The smallest absolute Gasteiger partial charge is 0.223 e. The van der Waals surface area contributed by atoms with Crippen molar-refractivity contribution in [1.29, 1.82) is 0 Å². The molecular weight excluding hydrogens is 529 g/mol. The van der Waals surface area contributed by atoms with Gasteiger partial charge in [0.2, 0.25) is 11.8 Å². The average molecular weight is 560 g/mol. The Morgan fingerprint density at radius 2 is 1.74 bits per heavy atom. The van der Waals surface area contributed by atoms with Gasteiger partial charge in [0.25, 0.3) is 0 Å². The molecule has 0 aliphatic carbocycles. The number of anilines is 1. The van der Waals surface area contributed by atoms with Gasteiger partial charge in [0.1, 0.15) is 23.8 Å². The first kappa shape index (κ1) is 26.0. The number of benzene rings is 2. The maximum atomic E-state index is 13.8. The van der Waals surface area contributed by atoms with E-state index < -0.39 is 0 Å². The Labute approximate surface area is 242 Å². The van der Waals surface area contributed by atoms with Crippen molar-refractivity contribution in [3.8, 4) is 28.5 Å². The number of pyridine rings is 2. The third kappa shape index (κ3) is 4.91. The van der Waals surface area contributed by atoms with Crippen LogP contribution in [0.25, 0.3) is 44.5 Å². The quantitative estimate of drug-likeness (QED) is 0.150. The number of nitrogens with zero attached hydrogens (tertiary/aromatic N) is 6. The predicted molar refractivity (Wildman–Crippen MR) is 162 cm³/mol. The minimum Gasteiger partial charge on any atom is -0.475 e. The molecule has 1 aliphatic rings. The van der Waals surface area contributed by atoms with Gasteiger partial charge in [0, 0.05) is 47.8 Å². The number of hydrogen-bond acceptors (Lipinski definition) is 7. The average Bonchev–Trinajstić information content (AvgIpc) is 3.60. The van der Waals surface area contributed by atoms with Gasteiger partial charge in [-0.15, -0.1) is 0 Å². The fourth-order valence-electron chi connectivity index (χ4n) is 5.61. The lowest BCUT2D eigenvalue weighted by Gasteiger charge is -2.18. The van der Waals surface area contributed by atoms with Gasteiger partial charge in [-0.2, -0.15) is 0 Å². The van der Waals surface area contributed by atoms with Crippen molar-refractivity contribution in [1.82, 2.24) is 29.5 Å². The molecule has 7 rings (SSSR count). The molecule has 1 atom stereocenters. The summed E-state index contributed by atoms with van der Waals surface area (Å²) in [5, 5.41) is 5.39. The number of nitrogens with one attached hydrogen (secondary N) is 1. The first-order valence-electron chi connectivity index (χ1n) is 14.4. The van der Waals surface area contributed by atoms with Crippen LogP contribution in [0.1, 0.15) is 38.1 Å². The van der Waals surface area contributed by atoms with E-state index in [1.54, 1.807) is 24.5 Å². The normalized spacial score (nSPS) is 14.4. The van der Waals surface area contributed by atoms with Crippen LogP contribution in [0, 0.1) is 5.82 Å². The molecule has 0 radical (unpaired) electrons. The molecule has 9 heteroatoms. The number of halogens is 1. The zero-order valence-electron chi connectivity index (χ0n) is 23.3. The second kappa shape index (κ2) is 11.2. The molecule has 0 amide bonds. The van der Waals surface area contributed by atoms with Crippen molar-refractivity contribution in [2.24, 2.45) is 0 Å². The molecule has 0 fully saturated rings. The van der Waals surface area contributed by atoms with Crippen LogP contribution in [0.15, 0.2) is 79.1 Å². The SMILES string of the molecule is CCCCNc1nccc(-c2c(-c3ccc(F)cc3)nc3n2C(COc2ccc4ccc5cccnc5c4n2)CC3)n1. The van der Waals surface area contributed by atoms with E-state index in [4.69, 9.17) is 19.7 Å². The fraction of sp³-hybridized carbons (Fsp3) is 0.242. The van der Waals surface area contributed by atoms with Gasteiger partial charge in [0.05, 0.1) is 28.6 Å². The maximum absolute atomic E-state index is 13.8. The lowest BCUT2D eigenvalue weighted by molar-refractivity contribution is 0.248. The highest BCUT2D eigenvalue weighted by molar-refractivity contribution is 6.02. The highest BCUT2D eigenvalue weighted by Crippen LogP contribution is 2.39. The minimum absolute atomic E-state index is 0.0197. The van der Waals surface area contributed by atoms with Crippen molar-refractivity contribution >= 4 is 27.8 Å². The van der Waals surface area contributed by atoms with Gasteiger partial charge in [-0.3, -0.25) is 4.98 Å². The summed E-state index contributed by atoms with van der Waals surface area (Å²) in [6, 6.07) is 20.4. The van der Waals surface area contributed by atoms with E-state index in [2.05, 4.69) is 38.9 Å². The highest BCUT2D eigenvalue weighted by atomic mass is 19.1. The largest absolute Gasteiger partial charge is 0.475 e.